The van der Waals surface area contributed by atoms with E-state index in [9.17, 15) is 18.0 Å². The smallest absolute Gasteiger partial charge is 0.475 e. The molecule has 1 spiro atoms. The number of hydrogen-bond acceptors (Lipinski definition) is 4. The summed E-state index contributed by atoms with van der Waals surface area (Å²) in [5, 5.41) is 13.5. The molecule has 0 unspecified atom stereocenters. The maximum Gasteiger partial charge on any atom is 0.490 e. The first kappa shape index (κ1) is 21.2. The molecule has 150 valence electrons. The van der Waals surface area contributed by atoms with Crippen LogP contribution < -0.4 is 10.6 Å². The molecule has 1 amide bonds. The number of hydrogen-bond donors (Lipinski definition) is 3. The van der Waals surface area contributed by atoms with E-state index in [0.717, 1.165) is 32.4 Å². The van der Waals surface area contributed by atoms with Crippen LogP contribution in [0.4, 0.5) is 13.2 Å². The maximum atomic E-state index is 12.0. The number of alkyl halides is 3. The second-order valence-electron chi connectivity index (χ2n) is 6.62. The zero-order chi connectivity index (χ0) is 19.9. The quantitative estimate of drug-likeness (QED) is 0.740. The first-order valence-corrected chi connectivity index (χ1v) is 8.74. The van der Waals surface area contributed by atoms with E-state index in [1.807, 2.05) is 30.3 Å². The Hall–Kier alpha value is -2.13. The monoisotopic (exact) mass is 388 g/mol. The zero-order valence-corrected chi connectivity index (χ0v) is 14.7. The van der Waals surface area contributed by atoms with Gasteiger partial charge in [-0.3, -0.25) is 4.79 Å². The molecule has 2 fully saturated rings. The van der Waals surface area contributed by atoms with Gasteiger partial charge in [-0.1, -0.05) is 18.2 Å². The van der Waals surface area contributed by atoms with Gasteiger partial charge < -0.3 is 20.5 Å². The number of ether oxygens (including phenoxy) is 1. The van der Waals surface area contributed by atoms with Crippen LogP contribution in [0, 0.1) is 0 Å². The van der Waals surface area contributed by atoms with E-state index < -0.39 is 12.1 Å². The molecule has 6 nitrogen and oxygen atoms in total. The van der Waals surface area contributed by atoms with Crippen molar-refractivity contribution in [2.45, 2.75) is 43.6 Å². The van der Waals surface area contributed by atoms with Gasteiger partial charge in [0.25, 0.3) is 5.91 Å². The third-order valence-corrected chi connectivity index (χ3v) is 4.55. The van der Waals surface area contributed by atoms with Crippen molar-refractivity contribution in [1.29, 1.82) is 0 Å². The number of aliphatic carboxylic acids is 1. The number of amides is 1. The Labute approximate surface area is 155 Å². The van der Waals surface area contributed by atoms with Gasteiger partial charge in [0.2, 0.25) is 0 Å². The topological polar surface area (TPSA) is 87.7 Å². The third-order valence-electron chi connectivity index (χ3n) is 4.55. The Kier molecular flexibility index (Phi) is 7.20. The standard InChI is InChI=1S/C16H22N2O2.C2HF3O2/c19-15(13-5-2-1-3-6-13)18-11-14-7-4-8-16(20-14)9-10-17-12-16;3-2(4,5)1(6)7/h1-3,5-6,14,17H,4,7-12H2,(H,18,19);(H,6,7)/t14-,16+;/m0./s1. The minimum absolute atomic E-state index is 0.0154. The second-order valence-corrected chi connectivity index (χ2v) is 6.62. The predicted octanol–water partition coefficient (Wildman–Crippen LogP) is 2.35. The normalized spacial score (nSPS) is 24.8. The van der Waals surface area contributed by atoms with Gasteiger partial charge in [0.1, 0.15) is 0 Å². The van der Waals surface area contributed by atoms with Crippen LogP contribution in [0.2, 0.25) is 0 Å². The average Bonchev–Trinajstić information content (AvgIpc) is 3.07. The fourth-order valence-electron chi connectivity index (χ4n) is 3.20. The van der Waals surface area contributed by atoms with Crippen molar-refractivity contribution in [2.24, 2.45) is 0 Å². The van der Waals surface area contributed by atoms with Gasteiger partial charge in [-0.25, -0.2) is 4.79 Å². The molecule has 9 heteroatoms. The molecule has 0 bridgehead atoms. The number of benzene rings is 1. The number of rotatable bonds is 3. The van der Waals surface area contributed by atoms with Crippen molar-refractivity contribution in [1.82, 2.24) is 10.6 Å². The summed E-state index contributed by atoms with van der Waals surface area (Å²) in [4.78, 5) is 20.9. The van der Waals surface area contributed by atoms with Gasteiger partial charge in [-0.15, -0.1) is 0 Å². The summed E-state index contributed by atoms with van der Waals surface area (Å²) in [5.41, 5.74) is 0.737. The van der Waals surface area contributed by atoms with E-state index in [0.29, 0.717) is 12.1 Å². The van der Waals surface area contributed by atoms with Crippen LogP contribution in [0.1, 0.15) is 36.0 Å². The molecule has 2 saturated heterocycles. The summed E-state index contributed by atoms with van der Waals surface area (Å²) >= 11 is 0. The summed E-state index contributed by atoms with van der Waals surface area (Å²) < 4.78 is 38.0. The summed E-state index contributed by atoms with van der Waals surface area (Å²) in [7, 11) is 0. The highest BCUT2D eigenvalue weighted by Gasteiger charge is 2.39. The van der Waals surface area contributed by atoms with Gasteiger partial charge in [-0.05, 0) is 44.4 Å². The Morgan fingerprint density at radius 1 is 1.26 bits per heavy atom. The number of halogens is 3. The summed E-state index contributed by atoms with van der Waals surface area (Å²) in [5.74, 6) is -2.77. The lowest BCUT2D eigenvalue weighted by Gasteiger charge is -2.38. The lowest BCUT2D eigenvalue weighted by Crippen LogP contribution is -2.46. The van der Waals surface area contributed by atoms with Gasteiger partial charge in [0.15, 0.2) is 0 Å². The fraction of sp³-hybridized carbons (Fsp3) is 0.556. The zero-order valence-electron chi connectivity index (χ0n) is 14.7. The molecule has 0 aliphatic carbocycles. The molecule has 2 atom stereocenters. The largest absolute Gasteiger partial charge is 0.490 e. The van der Waals surface area contributed by atoms with Crippen LogP contribution in [0.15, 0.2) is 30.3 Å². The van der Waals surface area contributed by atoms with E-state index in [1.54, 1.807) is 0 Å². The predicted molar refractivity (Wildman–Crippen MR) is 91.4 cm³/mol. The van der Waals surface area contributed by atoms with Gasteiger partial charge in [-0.2, -0.15) is 13.2 Å². The second kappa shape index (κ2) is 9.18. The van der Waals surface area contributed by atoms with Crippen LogP contribution in [0.25, 0.3) is 0 Å². The molecule has 2 aliphatic heterocycles. The molecule has 3 rings (SSSR count). The molecular weight excluding hydrogens is 365 g/mol. The van der Waals surface area contributed by atoms with E-state index in [2.05, 4.69) is 10.6 Å². The van der Waals surface area contributed by atoms with E-state index >= 15 is 0 Å². The number of carbonyl (C=O) groups excluding carboxylic acids is 1. The molecule has 1 aromatic rings. The SMILES string of the molecule is O=C(NC[C@@H]1CCC[C@]2(CCNC2)O1)c1ccccc1.O=C(O)C(F)(F)F. The van der Waals surface area contributed by atoms with Crippen molar-refractivity contribution >= 4 is 11.9 Å². The van der Waals surface area contributed by atoms with Crippen LogP contribution >= 0.6 is 0 Å². The molecule has 27 heavy (non-hydrogen) atoms. The van der Waals surface area contributed by atoms with Crippen molar-refractivity contribution in [3.8, 4) is 0 Å². The number of carboxylic acid groups (broad SMARTS) is 1. The maximum absolute atomic E-state index is 12.0. The fourth-order valence-corrected chi connectivity index (χ4v) is 3.20. The molecule has 2 aliphatic rings. The third kappa shape index (κ3) is 6.51. The molecular formula is C18H23F3N2O4. The summed E-state index contributed by atoms with van der Waals surface area (Å²) in [6, 6.07) is 9.34. The molecule has 0 radical (unpaired) electrons. The average molecular weight is 388 g/mol. The highest BCUT2D eigenvalue weighted by molar-refractivity contribution is 5.94. The Morgan fingerprint density at radius 2 is 1.93 bits per heavy atom. The van der Waals surface area contributed by atoms with E-state index in [4.69, 9.17) is 14.6 Å². The minimum Gasteiger partial charge on any atom is -0.475 e. The van der Waals surface area contributed by atoms with Crippen molar-refractivity contribution in [2.75, 3.05) is 19.6 Å². The molecule has 3 N–H and O–H groups in total. The van der Waals surface area contributed by atoms with Crippen molar-refractivity contribution < 1.29 is 32.6 Å². The van der Waals surface area contributed by atoms with E-state index in [1.165, 1.54) is 6.42 Å². The number of nitrogens with one attached hydrogen (secondary N) is 2. The van der Waals surface area contributed by atoms with Gasteiger partial charge >= 0.3 is 12.1 Å². The van der Waals surface area contributed by atoms with Crippen molar-refractivity contribution in [3.63, 3.8) is 0 Å². The first-order valence-electron chi connectivity index (χ1n) is 8.74. The van der Waals surface area contributed by atoms with E-state index in [-0.39, 0.29) is 17.6 Å². The van der Waals surface area contributed by atoms with Gasteiger partial charge in [0.05, 0.1) is 11.7 Å². The lowest BCUT2D eigenvalue weighted by atomic mass is 9.90. The van der Waals surface area contributed by atoms with Crippen LogP contribution in [0.5, 0.6) is 0 Å². The number of carboxylic acids is 1. The number of carbonyl (C=O) groups is 2. The lowest BCUT2D eigenvalue weighted by molar-refractivity contribution is -0.192. The van der Waals surface area contributed by atoms with Crippen molar-refractivity contribution in [3.05, 3.63) is 35.9 Å². The summed E-state index contributed by atoms with van der Waals surface area (Å²) in [6.45, 7) is 2.61. The highest BCUT2D eigenvalue weighted by atomic mass is 19.4. The molecule has 0 aromatic heterocycles. The minimum atomic E-state index is -5.08. The summed E-state index contributed by atoms with van der Waals surface area (Å²) in [6.07, 6.45) is -0.472. The Balaban J connectivity index is 0.000000321. The molecule has 1 aromatic carbocycles. The Bertz CT molecular complexity index is 631. The molecule has 0 saturated carbocycles. The van der Waals surface area contributed by atoms with Crippen LogP contribution in [-0.4, -0.2) is 54.5 Å². The first-order chi connectivity index (χ1) is 12.7. The van der Waals surface area contributed by atoms with Crippen LogP contribution in [0.3, 0.4) is 0 Å². The highest BCUT2D eigenvalue weighted by Crippen LogP contribution is 2.33. The van der Waals surface area contributed by atoms with Crippen LogP contribution in [-0.2, 0) is 9.53 Å². The molecule has 2 heterocycles. The van der Waals surface area contributed by atoms with Gasteiger partial charge in [0, 0.05) is 18.7 Å². The Morgan fingerprint density at radius 3 is 2.48 bits per heavy atom.